The molecule has 2 aromatic carbocycles. The summed E-state index contributed by atoms with van der Waals surface area (Å²) < 4.78 is 17.1. The number of rotatable bonds is 7. The molecule has 1 atom stereocenters. The van der Waals surface area contributed by atoms with E-state index in [0.717, 1.165) is 35.2 Å². The monoisotopic (exact) mass is 416 g/mol. The Morgan fingerprint density at radius 2 is 2.00 bits per heavy atom. The number of methoxy groups -OCH3 is 1. The van der Waals surface area contributed by atoms with Crippen LogP contribution in [0.3, 0.4) is 0 Å². The fourth-order valence-electron chi connectivity index (χ4n) is 3.71. The number of allylic oxidation sites excluding steroid dienone is 1. The lowest BCUT2D eigenvalue weighted by Crippen LogP contribution is -2.21. The van der Waals surface area contributed by atoms with E-state index in [2.05, 4.69) is 23.2 Å². The van der Waals surface area contributed by atoms with Gasteiger partial charge in [-0.2, -0.15) is 5.26 Å². The Bertz CT molecular complexity index is 1150. The zero-order valence-corrected chi connectivity index (χ0v) is 17.5. The molecule has 0 aliphatic carbocycles. The normalized spacial score (nSPS) is 15.1. The van der Waals surface area contributed by atoms with Gasteiger partial charge in [0.2, 0.25) is 11.8 Å². The molecule has 1 aliphatic rings. The van der Waals surface area contributed by atoms with Crippen LogP contribution in [0.1, 0.15) is 36.8 Å². The van der Waals surface area contributed by atoms with E-state index in [0.29, 0.717) is 29.6 Å². The summed E-state index contributed by atoms with van der Waals surface area (Å²) in [5, 5.41) is 17.2. The van der Waals surface area contributed by atoms with Gasteiger partial charge in [-0.1, -0.05) is 49.7 Å². The summed E-state index contributed by atoms with van der Waals surface area (Å²) in [5.41, 5.74) is 9.73. The molecule has 3 N–H and O–H groups in total. The van der Waals surface area contributed by atoms with Gasteiger partial charge < -0.3 is 19.9 Å². The minimum absolute atomic E-state index is 0.0494. The van der Waals surface area contributed by atoms with Gasteiger partial charge >= 0.3 is 0 Å². The fourth-order valence-corrected chi connectivity index (χ4v) is 3.71. The molecule has 0 spiro atoms. The third-order valence-corrected chi connectivity index (χ3v) is 5.28. The van der Waals surface area contributed by atoms with Gasteiger partial charge in [0.25, 0.3) is 0 Å². The molecule has 7 heteroatoms. The number of hydrogen-bond acceptors (Lipinski definition) is 6. The van der Waals surface area contributed by atoms with Crippen molar-refractivity contribution in [2.75, 3.05) is 13.7 Å². The second-order valence-corrected chi connectivity index (χ2v) is 7.22. The smallest absolute Gasteiger partial charge is 0.244 e. The maximum absolute atomic E-state index is 9.89. The molecule has 1 aliphatic heterocycles. The summed E-state index contributed by atoms with van der Waals surface area (Å²) in [7, 11) is 1.60. The van der Waals surface area contributed by atoms with E-state index in [1.165, 1.54) is 0 Å². The molecule has 1 aromatic heterocycles. The summed E-state index contributed by atoms with van der Waals surface area (Å²) in [6.45, 7) is 2.73. The van der Waals surface area contributed by atoms with Crippen LogP contribution in [-0.2, 0) is 0 Å². The molecule has 4 rings (SSSR count). The maximum Gasteiger partial charge on any atom is 0.244 e. The molecule has 2 heterocycles. The number of unbranched alkanes of at least 4 members (excludes halogenated alkanes) is 1. The summed E-state index contributed by atoms with van der Waals surface area (Å²) >= 11 is 0. The standard InChI is InChI=1S/C24H24N4O3/c1-3-4-12-30-18-11-10-16(13-19(18)29-2)20-17(14-25)23(26)31-24-21(20)22(27-28-24)15-8-6-5-7-9-15/h5-11,13,20H,3-4,12,26H2,1-2H3,(H,27,28)/t20-/m0/s1. The Morgan fingerprint density at radius 1 is 1.19 bits per heavy atom. The minimum atomic E-state index is -0.457. The minimum Gasteiger partial charge on any atom is -0.493 e. The van der Waals surface area contributed by atoms with Crippen LogP contribution in [0.5, 0.6) is 17.4 Å². The maximum atomic E-state index is 9.89. The van der Waals surface area contributed by atoms with Gasteiger partial charge in [0.05, 0.1) is 30.9 Å². The number of nitriles is 1. The molecule has 158 valence electrons. The number of benzene rings is 2. The number of nitrogens with one attached hydrogen (secondary N) is 1. The van der Waals surface area contributed by atoms with E-state index >= 15 is 0 Å². The molecular formula is C24H24N4O3. The van der Waals surface area contributed by atoms with E-state index in [4.69, 9.17) is 19.9 Å². The first-order valence-electron chi connectivity index (χ1n) is 10.2. The molecule has 31 heavy (non-hydrogen) atoms. The fraction of sp³-hybridized carbons (Fsp3) is 0.250. The summed E-state index contributed by atoms with van der Waals surface area (Å²) in [4.78, 5) is 0. The van der Waals surface area contributed by atoms with Crippen LogP contribution >= 0.6 is 0 Å². The van der Waals surface area contributed by atoms with Gasteiger partial charge in [-0.15, -0.1) is 5.10 Å². The van der Waals surface area contributed by atoms with E-state index < -0.39 is 5.92 Å². The number of aromatic nitrogens is 2. The molecule has 0 fully saturated rings. The predicted molar refractivity (Wildman–Crippen MR) is 117 cm³/mol. The lowest BCUT2D eigenvalue weighted by atomic mass is 9.83. The average Bonchev–Trinajstić information content (AvgIpc) is 3.22. The number of nitrogens with zero attached hydrogens (tertiary/aromatic N) is 2. The van der Waals surface area contributed by atoms with E-state index in [1.807, 2.05) is 48.5 Å². The van der Waals surface area contributed by atoms with Crippen molar-refractivity contribution >= 4 is 0 Å². The van der Waals surface area contributed by atoms with Crippen LogP contribution in [-0.4, -0.2) is 23.9 Å². The highest BCUT2D eigenvalue weighted by Crippen LogP contribution is 2.46. The second-order valence-electron chi connectivity index (χ2n) is 7.22. The molecule has 0 radical (unpaired) electrons. The second kappa shape index (κ2) is 8.84. The van der Waals surface area contributed by atoms with Gasteiger partial charge in [0.1, 0.15) is 11.6 Å². The average molecular weight is 416 g/mol. The van der Waals surface area contributed by atoms with Gasteiger partial charge in [0.15, 0.2) is 11.5 Å². The van der Waals surface area contributed by atoms with Crippen molar-refractivity contribution in [2.24, 2.45) is 5.73 Å². The number of aromatic amines is 1. The van der Waals surface area contributed by atoms with Crippen molar-refractivity contribution in [1.82, 2.24) is 10.2 Å². The van der Waals surface area contributed by atoms with E-state index in [9.17, 15) is 5.26 Å². The van der Waals surface area contributed by atoms with Crippen molar-refractivity contribution in [3.8, 4) is 34.7 Å². The van der Waals surface area contributed by atoms with Crippen LogP contribution in [0, 0.1) is 11.3 Å². The first-order chi connectivity index (χ1) is 15.2. The highest BCUT2D eigenvalue weighted by molar-refractivity contribution is 5.71. The first-order valence-corrected chi connectivity index (χ1v) is 10.2. The molecule has 0 saturated heterocycles. The molecule has 0 saturated carbocycles. The molecule has 3 aromatic rings. The third-order valence-electron chi connectivity index (χ3n) is 5.28. The third kappa shape index (κ3) is 3.80. The van der Waals surface area contributed by atoms with Crippen LogP contribution in [0.15, 0.2) is 60.0 Å². The molecule has 7 nitrogen and oxygen atoms in total. The van der Waals surface area contributed by atoms with E-state index in [1.54, 1.807) is 7.11 Å². The van der Waals surface area contributed by atoms with Crippen LogP contribution in [0.4, 0.5) is 0 Å². The van der Waals surface area contributed by atoms with Gasteiger partial charge in [-0.05, 0) is 29.7 Å². The highest BCUT2D eigenvalue weighted by Gasteiger charge is 2.36. The Labute approximate surface area is 181 Å². The lowest BCUT2D eigenvalue weighted by molar-refractivity contribution is 0.288. The van der Waals surface area contributed by atoms with Crippen LogP contribution in [0.25, 0.3) is 11.3 Å². The van der Waals surface area contributed by atoms with Crippen molar-refractivity contribution in [3.63, 3.8) is 0 Å². The largest absolute Gasteiger partial charge is 0.493 e. The van der Waals surface area contributed by atoms with Crippen molar-refractivity contribution in [2.45, 2.75) is 25.7 Å². The molecule has 0 bridgehead atoms. The topological polar surface area (TPSA) is 106 Å². The number of hydrogen-bond donors (Lipinski definition) is 2. The lowest BCUT2D eigenvalue weighted by Gasteiger charge is -2.25. The summed E-state index contributed by atoms with van der Waals surface area (Å²) in [6, 6.07) is 17.7. The van der Waals surface area contributed by atoms with Crippen LogP contribution < -0.4 is 19.9 Å². The Morgan fingerprint density at radius 3 is 2.71 bits per heavy atom. The number of fused-ring (bicyclic) bond motifs is 1. The number of ether oxygens (including phenoxy) is 3. The van der Waals surface area contributed by atoms with Gasteiger partial charge in [0, 0.05) is 0 Å². The van der Waals surface area contributed by atoms with Crippen molar-refractivity contribution in [3.05, 3.63) is 71.1 Å². The zero-order chi connectivity index (χ0) is 21.8. The number of nitrogens with two attached hydrogens (primary N) is 1. The Kier molecular flexibility index (Phi) is 5.80. The Balaban J connectivity index is 1.83. The summed E-state index contributed by atoms with van der Waals surface area (Å²) in [5.74, 6) is 1.22. The molecular weight excluding hydrogens is 392 g/mol. The van der Waals surface area contributed by atoms with Crippen molar-refractivity contribution < 1.29 is 14.2 Å². The van der Waals surface area contributed by atoms with E-state index in [-0.39, 0.29) is 5.88 Å². The van der Waals surface area contributed by atoms with Crippen molar-refractivity contribution in [1.29, 1.82) is 5.26 Å². The zero-order valence-electron chi connectivity index (χ0n) is 17.5. The van der Waals surface area contributed by atoms with Gasteiger partial charge in [-0.3, -0.25) is 5.10 Å². The highest BCUT2D eigenvalue weighted by atomic mass is 16.5. The molecule has 0 amide bonds. The SMILES string of the molecule is CCCCOc1ccc([C@H]2C(C#N)=C(N)Oc3n[nH]c(-c4ccccc4)c32)cc1OC. The predicted octanol–water partition coefficient (Wildman–Crippen LogP) is 4.48. The quantitative estimate of drug-likeness (QED) is 0.550. The first kappa shape index (κ1) is 20.4. The summed E-state index contributed by atoms with van der Waals surface area (Å²) in [6.07, 6.45) is 2.01. The Hall–Kier alpha value is -3.92. The van der Waals surface area contributed by atoms with Crippen LogP contribution in [0.2, 0.25) is 0 Å². The number of H-pyrrole nitrogens is 1. The molecule has 0 unspecified atom stereocenters. The van der Waals surface area contributed by atoms with Gasteiger partial charge in [-0.25, -0.2) is 0 Å².